The molecule has 1 aromatic rings. The molecule has 1 fully saturated rings. The van der Waals surface area contributed by atoms with Crippen molar-refractivity contribution in [3.63, 3.8) is 0 Å². The molecule has 0 bridgehead atoms. The van der Waals surface area contributed by atoms with Gasteiger partial charge >= 0.3 is 11.7 Å². The highest BCUT2D eigenvalue weighted by atomic mass is 16.6. The SMILES string of the molecule is COC(=O)COc1ccc(CN2CCNC(C)C2)cc1[N+](=O)[O-]. The fraction of sp³-hybridized carbons (Fsp3) is 0.533. The molecule has 1 aliphatic rings. The topological polar surface area (TPSA) is 93.9 Å². The Balaban J connectivity index is 2.08. The van der Waals surface area contributed by atoms with Crippen molar-refractivity contribution in [2.75, 3.05) is 33.4 Å². The number of carbonyl (C=O) groups is 1. The summed E-state index contributed by atoms with van der Waals surface area (Å²) in [5, 5.41) is 14.6. The van der Waals surface area contributed by atoms with Crippen molar-refractivity contribution in [1.29, 1.82) is 0 Å². The minimum atomic E-state index is -0.585. The van der Waals surface area contributed by atoms with Crippen LogP contribution < -0.4 is 10.1 Å². The average molecular weight is 323 g/mol. The van der Waals surface area contributed by atoms with Crippen LogP contribution in [-0.2, 0) is 16.1 Å². The van der Waals surface area contributed by atoms with Crippen LogP contribution in [0.1, 0.15) is 12.5 Å². The van der Waals surface area contributed by atoms with E-state index in [0.717, 1.165) is 25.2 Å². The van der Waals surface area contributed by atoms with Gasteiger partial charge in [-0.05, 0) is 18.6 Å². The number of benzene rings is 1. The van der Waals surface area contributed by atoms with Gasteiger partial charge in [0.15, 0.2) is 12.4 Å². The molecule has 0 aliphatic carbocycles. The zero-order valence-corrected chi connectivity index (χ0v) is 13.3. The van der Waals surface area contributed by atoms with Crippen LogP contribution in [0.25, 0.3) is 0 Å². The molecule has 8 nitrogen and oxygen atoms in total. The van der Waals surface area contributed by atoms with Gasteiger partial charge in [-0.2, -0.15) is 0 Å². The lowest BCUT2D eigenvalue weighted by Crippen LogP contribution is -2.48. The van der Waals surface area contributed by atoms with Gasteiger partial charge in [0, 0.05) is 38.3 Å². The second kappa shape index (κ2) is 7.89. The fourth-order valence-corrected chi connectivity index (χ4v) is 2.54. The normalized spacial score (nSPS) is 18.4. The van der Waals surface area contributed by atoms with E-state index in [1.807, 2.05) is 0 Å². The van der Waals surface area contributed by atoms with Crippen LogP contribution in [-0.4, -0.2) is 55.2 Å². The second-order valence-electron chi connectivity index (χ2n) is 5.51. The van der Waals surface area contributed by atoms with Gasteiger partial charge in [-0.1, -0.05) is 6.07 Å². The first-order valence-corrected chi connectivity index (χ1v) is 7.42. The van der Waals surface area contributed by atoms with Crippen molar-refractivity contribution in [2.45, 2.75) is 19.5 Å². The number of methoxy groups -OCH3 is 1. The number of rotatable bonds is 6. The maximum absolute atomic E-state index is 11.2. The number of ether oxygens (including phenoxy) is 2. The van der Waals surface area contributed by atoms with Gasteiger partial charge in [0.2, 0.25) is 0 Å². The Morgan fingerprint density at radius 2 is 2.30 bits per heavy atom. The molecule has 23 heavy (non-hydrogen) atoms. The number of nitro groups is 1. The van der Waals surface area contributed by atoms with Crippen molar-refractivity contribution in [2.24, 2.45) is 0 Å². The summed E-state index contributed by atoms with van der Waals surface area (Å²) < 4.78 is 9.63. The highest BCUT2D eigenvalue weighted by molar-refractivity contribution is 5.71. The Bertz CT molecular complexity index is 578. The van der Waals surface area contributed by atoms with E-state index in [9.17, 15) is 14.9 Å². The largest absolute Gasteiger partial charge is 0.475 e. The highest BCUT2D eigenvalue weighted by Gasteiger charge is 2.20. The minimum Gasteiger partial charge on any atom is -0.475 e. The second-order valence-corrected chi connectivity index (χ2v) is 5.51. The number of hydrogen-bond acceptors (Lipinski definition) is 7. The van der Waals surface area contributed by atoms with Gasteiger partial charge in [-0.3, -0.25) is 15.0 Å². The molecule has 1 aromatic carbocycles. The Morgan fingerprint density at radius 3 is 2.96 bits per heavy atom. The molecular weight excluding hydrogens is 302 g/mol. The van der Waals surface area contributed by atoms with Crippen LogP contribution in [0.15, 0.2) is 18.2 Å². The Kier molecular flexibility index (Phi) is 5.89. The Labute approximate surface area is 134 Å². The smallest absolute Gasteiger partial charge is 0.343 e. The first-order chi connectivity index (χ1) is 11.0. The molecule has 1 saturated heterocycles. The molecule has 1 heterocycles. The lowest BCUT2D eigenvalue weighted by Gasteiger charge is -2.31. The lowest BCUT2D eigenvalue weighted by molar-refractivity contribution is -0.385. The predicted octanol–water partition coefficient (Wildman–Crippen LogP) is 0.940. The first-order valence-electron chi connectivity index (χ1n) is 7.42. The van der Waals surface area contributed by atoms with Crippen LogP contribution in [0.5, 0.6) is 5.75 Å². The zero-order chi connectivity index (χ0) is 16.8. The zero-order valence-electron chi connectivity index (χ0n) is 13.3. The summed E-state index contributed by atoms with van der Waals surface area (Å²) in [6.45, 7) is 5.10. The summed E-state index contributed by atoms with van der Waals surface area (Å²) in [5.41, 5.74) is 0.700. The number of carbonyl (C=O) groups excluding carboxylic acids is 1. The summed E-state index contributed by atoms with van der Waals surface area (Å²) >= 11 is 0. The van der Waals surface area contributed by atoms with Gasteiger partial charge in [0.25, 0.3) is 0 Å². The number of esters is 1. The molecule has 1 N–H and O–H groups in total. The minimum absolute atomic E-state index is 0.0674. The molecule has 126 valence electrons. The van der Waals surface area contributed by atoms with Crippen LogP contribution >= 0.6 is 0 Å². The van der Waals surface area contributed by atoms with Crippen molar-refractivity contribution in [3.05, 3.63) is 33.9 Å². The summed E-state index contributed by atoms with van der Waals surface area (Å²) in [6.07, 6.45) is 0. The highest BCUT2D eigenvalue weighted by Crippen LogP contribution is 2.28. The molecule has 1 aliphatic heterocycles. The van der Waals surface area contributed by atoms with Crippen LogP contribution in [0.2, 0.25) is 0 Å². The molecule has 8 heteroatoms. The quantitative estimate of drug-likeness (QED) is 0.473. The van der Waals surface area contributed by atoms with Crippen LogP contribution in [0, 0.1) is 10.1 Å². The molecule has 0 spiro atoms. The number of nitrogens with one attached hydrogen (secondary N) is 1. The van der Waals surface area contributed by atoms with Crippen molar-refractivity contribution >= 4 is 11.7 Å². The van der Waals surface area contributed by atoms with Gasteiger partial charge in [0.1, 0.15) is 0 Å². The number of hydrogen-bond donors (Lipinski definition) is 1. The maximum Gasteiger partial charge on any atom is 0.343 e. The standard InChI is InChI=1S/C15H21N3O5/c1-11-8-17(6-5-16-11)9-12-3-4-14(13(7-12)18(20)21)23-10-15(19)22-2/h3-4,7,11,16H,5-6,8-10H2,1-2H3. The van der Waals surface area contributed by atoms with Gasteiger partial charge in [-0.25, -0.2) is 4.79 Å². The Morgan fingerprint density at radius 1 is 1.52 bits per heavy atom. The first kappa shape index (κ1) is 17.2. The van der Waals surface area contributed by atoms with Crippen molar-refractivity contribution in [1.82, 2.24) is 10.2 Å². The third-order valence-corrected chi connectivity index (χ3v) is 3.65. The number of piperazine rings is 1. The van der Waals surface area contributed by atoms with E-state index >= 15 is 0 Å². The molecule has 0 amide bonds. The van der Waals surface area contributed by atoms with E-state index in [2.05, 4.69) is 21.9 Å². The van der Waals surface area contributed by atoms with E-state index in [4.69, 9.17) is 4.74 Å². The van der Waals surface area contributed by atoms with E-state index in [0.29, 0.717) is 12.6 Å². The number of nitro benzene ring substituents is 1. The number of nitrogens with zero attached hydrogens (tertiary/aromatic N) is 2. The van der Waals surface area contributed by atoms with E-state index in [1.165, 1.54) is 19.2 Å². The van der Waals surface area contributed by atoms with Crippen LogP contribution in [0.4, 0.5) is 5.69 Å². The average Bonchev–Trinajstić information content (AvgIpc) is 2.53. The van der Waals surface area contributed by atoms with E-state index in [1.54, 1.807) is 6.07 Å². The lowest BCUT2D eigenvalue weighted by atomic mass is 10.1. The summed E-state index contributed by atoms with van der Waals surface area (Å²) in [6, 6.07) is 5.22. The molecule has 0 saturated carbocycles. The third kappa shape index (κ3) is 4.90. The molecule has 0 aromatic heterocycles. The maximum atomic E-state index is 11.2. The van der Waals surface area contributed by atoms with Crippen LogP contribution in [0.3, 0.4) is 0 Å². The molecule has 1 unspecified atom stereocenters. The third-order valence-electron chi connectivity index (χ3n) is 3.65. The van der Waals surface area contributed by atoms with Gasteiger partial charge < -0.3 is 14.8 Å². The molecule has 1 atom stereocenters. The monoisotopic (exact) mass is 323 g/mol. The van der Waals surface area contributed by atoms with E-state index in [-0.39, 0.29) is 18.0 Å². The van der Waals surface area contributed by atoms with Gasteiger partial charge in [-0.15, -0.1) is 0 Å². The van der Waals surface area contributed by atoms with Gasteiger partial charge in [0.05, 0.1) is 12.0 Å². The Hall–Kier alpha value is -2.19. The van der Waals surface area contributed by atoms with E-state index < -0.39 is 10.9 Å². The molecular formula is C15H21N3O5. The summed E-state index contributed by atoms with van der Waals surface area (Å²) in [7, 11) is 1.23. The van der Waals surface area contributed by atoms with Crippen molar-refractivity contribution in [3.8, 4) is 5.75 Å². The molecule has 0 radical (unpaired) electrons. The predicted molar refractivity (Wildman–Crippen MR) is 83.3 cm³/mol. The molecule has 2 rings (SSSR count). The van der Waals surface area contributed by atoms with Crippen molar-refractivity contribution < 1.29 is 19.2 Å². The summed E-state index contributed by atoms with van der Waals surface area (Å²) in [5.74, 6) is -0.518. The fourth-order valence-electron chi connectivity index (χ4n) is 2.54. The summed E-state index contributed by atoms with van der Waals surface area (Å²) in [4.78, 5) is 24.1.